The molecule has 9 heavy (non-hydrogen) atoms. The third-order valence-corrected chi connectivity index (χ3v) is 1.66. The van der Waals surface area contributed by atoms with Crippen LogP contribution in [0.3, 0.4) is 0 Å². The number of hydrogen-bond donors (Lipinski definition) is 0. The molecule has 0 aliphatic carbocycles. The monoisotopic (exact) mass is 175 g/mol. The Hall–Kier alpha value is 0.470. The highest BCUT2D eigenvalue weighted by Gasteiger charge is 2.10. The molecule has 0 aromatic rings. The molecule has 0 rings (SSSR count). The molecule has 1 nitrogen and oxygen atoms in total. The lowest BCUT2D eigenvalue weighted by Crippen LogP contribution is -3.00. The van der Waals surface area contributed by atoms with Gasteiger partial charge in [-0.05, 0) is 0 Å². The van der Waals surface area contributed by atoms with Crippen LogP contribution in [-0.4, -0.2) is 37.8 Å². The summed E-state index contributed by atoms with van der Waals surface area (Å²) >= 11 is 5.48. The van der Waals surface area contributed by atoms with Gasteiger partial charge in [-0.1, -0.05) is 11.6 Å². The normalized spacial score (nSPS) is 10.7. The summed E-state index contributed by atoms with van der Waals surface area (Å²) < 4.78 is 12.2. The molecule has 4 heteroatoms. The van der Waals surface area contributed by atoms with Gasteiger partial charge in [-0.15, -0.1) is 0 Å². The maximum Gasteiger partial charge on any atom is 0.154 e. The molecule has 58 valence electrons. The van der Waals surface area contributed by atoms with Crippen LogP contribution in [0.2, 0.25) is 0 Å². The molecule has 0 radical (unpaired) electrons. The lowest BCUT2D eigenvalue weighted by atomic mass is 10.5. The summed E-state index contributed by atoms with van der Waals surface area (Å²) in [7, 11) is 3.79. The van der Waals surface area contributed by atoms with Crippen LogP contribution in [0.1, 0.15) is 0 Å². The summed E-state index contributed by atoms with van der Waals surface area (Å²) in [6.07, 6.45) is 0. The van der Waals surface area contributed by atoms with Crippen molar-refractivity contribution in [2.24, 2.45) is 0 Å². The zero-order chi connectivity index (χ0) is 6.62. The highest BCUT2D eigenvalue weighted by Crippen LogP contribution is 1.97. The molecule has 0 unspecified atom stereocenters. The second-order valence-corrected chi connectivity index (χ2v) is 2.71. The van der Waals surface area contributed by atoms with Gasteiger partial charge >= 0.3 is 0 Å². The SMILES string of the molecule is C[N+](C)(CCl)CCF.[Cl-]. The van der Waals surface area contributed by atoms with Crippen molar-refractivity contribution in [3.63, 3.8) is 0 Å². The van der Waals surface area contributed by atoms with Crippen LogP contribution in [0, 0.1) is 0 Å². The minimum absolute atomic E-state index is 0. The van der Waals surface area contributed by atoms with Crippen molar-refractivity contribution in [1.82, 2.24) is 0 Å². The summed E-state index contributed by atoms with van der Waals surface area (Å²) in [5.41, 5.74) is 0. The third-order valence-electron chi connectivity index (χ3n) is 1.01. The smallest absolute Gasteiger partial charge is 0.154 e. The molecule has 0 fully saturated rings. The molecule has 0 aliphatic heterocycles. The first-order chi connectivity index (χ1) is 3.62. The molecule has 0 spiro atoms. The van der Waals surface area contributed by atoms with Gasteiger partial charge in [0.15, 0.2) is 6.00 Å². The van der Waals surface area contributed by atoms with Crippen LogP contribution in [0.15, 0.2) is 0 Å². The van der Waals surface area contributed by atoms with Crippen LogP contribution < -0.4 is 12.4 Å². The van der Waals surface area contributed by atoms with E-state index in [1.165, 1.54) is 0 Å². The van der Waals surface area contributed by atoms with Crippen LogP contribution in [-0.2, 0) is 0 Å². The quantitative estimate of drug-likeness (QED) is 0.271. The molecule has 0 aromatic heterocycles. The molecule has 0 saturated carbocycles. The number of hydrogen-bond acceptors (Lipinski definition) is 0. The van der Waals surface area contributed by atoms with Gasteiger partial charge in [-0.2, -0.15) is 0 Å². The molecule has 0 atom stereocenters. The zero-order valence-corrected chi connectivity index (χ0v) is 7.21. The van der Waals surface area contributed by atoms with E-state index in [9.17, 15) is 4.39 Å². The first kappa shape index (κ1) is 12.2. The second kappa shape index (κ2) is 5.27. The minimum atomic E-state index is -0.292. The lowest BCUT2D eigenvalue weighted by Gasteiger charge is -2.24. The first-order valence-electron chi connectivity index (χ1n) is 2.56. The molecule has 0 bridgehead atoms. The number of halogens is 3. The summed E-state index contributed by atoms with van der Waals surface area (Å²) in [4.78, 5) is 0. The van der Waals surface area contributed by atoms with Crippen LogP contribution in [0.4, 0.5) is 4.39 Å². The maximum absolute atomic E-state index is 11.6. The van der Waals surface area contributed by atoms with Crippen molar-refractivity contribution in [1.29, 1.82) is 0 Å². The van der Waals surface area contributed by atoms with E-state index in [1.54, 1.807) is 0 Å². The molecule has 0 amide bonds. The van der Waals surface area contributed by atoms with E-state index < -0.39 is 0 Å². The van der Waals surface area contributed by atoms with Crippen molar-refractivity contribution >= 4 is 11.6 Å². The van der Waals surface area contributed by atoms with Gasteiger partial charge in [0.25, 0.3) is 0 Å². The van der Waals surface area contributed by atoms with Gasteiger partial charge in [0.05, 0.1) is 14.1 Å². The molecular weight excluding hydrogens is 164 g/mol. The summed E-state index contributed by atoms with van der Waals surface area (Å²) in [5.74, 6) is 0. The van der Waals surface area contributed by atoms with Crippen molar-refractivity contribution in [3.8, 4) is 0 Å². The van der Waals surface area contributed by atoms with Gasteiger partial charge < -0.3 is 16.9 Å². The lowest BCUT2D eigenvalue weighted by molar-refractivity contribution is -0.878. The Kier molecular flexibility index (Phi) is 7.13. The minimum Gasteiger partial charge on any atom is -1.00 e. The topological polar surface area (TPSA) is 0 Å². The van der Waals surface area contributed by atoms with Gasteiger partial charge in [-0.3, -0.25) is 0 Å². The predicted molar refractivity (Wildman–Crippen MR) is 33.7 cm³/mol. The van der Waals surface area contributed by atoms with Crippen molar-refractivity contribution < 1.29 is 21.3 Å². The van der Waals surface area contributed by atoms with E-state index in [2.05, 4.69) is 0 Å². The average molecular weight is 176 g/mol. The van der Waals surface area contributed by atoms with Gasteiger partial charge in [0, 0.05) is 0 Å². The van der Waals surface area contributed by atoms with Crippen molar-refractivity contribution in [3.05, 3.63) is 0 Å². The summed E-state index contributed by atoms with van der Waals surface area (Å²) in [6.45, 7) is 0.212. The third kappa shape index (κ3) is 6.35. The molecule has 0 aromatic carbocycles. The van der Waals surface area contributed by atoms with Crippen LogP contribution in [0.25, 0.3) is 0 Å². The second-order valence-electron chi connectivity index (χ2n) is 2.47. The van der Waals surface area contributed by atoms with Gasteiger partial charge in [0.1, 0.15) is 13.2 Å². The zero-order valence-electron chi connectivity index (χ0n) is 5.70. The van der Waals surface area contributed by atoms with E-state index in [-0.39, 0.29) is 19.1 Å². The van der Waals surface area contributed by atoms with Crippen LogP contribution >= 0.6 is 11.6 Å². The number of rotatable bonds is 3. The molecule has 0 N–H and O–H groups in total. The fourth-order valence-electron chi connectivity index (χ4n) is 0.289. The Labute approximate surface area is 66.8 Å². The first-order valence-corrected chi connectivity index (χ1v) is 3.10. The number of alkyl halides is 2. The maximum atomic E-state index is 11.6. The van der Waals surface area contributed by atoms with Crippen molar-refractivity contribution in [2.75, 3.05) is 33.3 Å². The van der Waals surface area contributed by atoms with E-state index in [1.807, 2.05) is 14.1 Å². The summed E-state index contributed by atoms with van der Waals surface area (Å²) in [5, 5.41) is 0. The highest BCUT2D eigenvalue weighted by molar-refractivity contribution is 6.16. The Bertz CT molecular complexity index is 68.0. The Morgan fingerprint density at radius 1 is 1.44 bits per heavy atom. The van der Waals surface area contributed by atoms with E-state index >= 15 is 0 Å². The number of quaternary nitrogens is 1. The average Bonchev–Trinajstić information content (AvgIpc) is 1.67. The van der Waals surface area contributed by atoms with E-state index in [0.717, 1.165) is 0 Å². The Morgan fingerprint density at radius 2 is 1.89 bits per heavy atom. The van der Waals surface area contributed by atoms with Gasteiger partial charge in [0.2, 0.25) is 0 Å². The molecule has 0 saturated heterocycles. The standard InChI is InChI=1S/C5H12ClFN.ClH/c1-8(2,5-6)4-3-7;/h3-5H2,1-2H3;1H/q+1;/p-1. The largest absolute Gasteiger partial charge is 1.00 e. The summed E-state index contributed by atoms with van der Waals surface area (Å²) in [6, 6.07) is 0.476. The fourth-order valence-corrected chi connectivity index (χ4v) is 0.408. The molecule has 0 aliphatic rings. The molecule has 0 heterocycles. The molecular formula is C5H12Cl2FN. The Balaban J connectivity index is 0. The fraction of sp³-hybridized carbons (Fsp3) is 1.00. The van der Waals surface area contributed by atoms with Gasteiger partial charge in [-0.25, -0.2) is 4.39 Å². The van der Waals surface area contributed by atoms with E-state index in [4.69, 9.17) is 11.6 Å². The van der Waals surface area contributed by atoms with Crippen molar-refractivity contribution in [2.45, 2.75) is 0 Å². The highest BCUT2D eigenvalue weighted by atomic mass is 35.5. The van der Waals surface area contributed by atoms with E-state index in [0.29, 0.717) is 17.0 Å². The number of nitrogens with zero attached hydrogens (tertiary/aromatic N) is 1. The predicted octanol–water partition coefficient (Wildman–Crippen LogP) is -1.77. The Morgan fingerprint density at radius 3 is 2.00 bits per heavy atom. The van der Waals surface area contributed by atoms with Crippen LogP contribution in [0.5, 0.6) is 0 Å².